The van der Waals surface area contributed by atoms with E-state index in [0.29, 0.717) is 22.9 Å². The molecular formula is C16H19ClO5. The third kappa shape index (κ3) is 5.85. The average Bonchev–Trinajstić information content (AvgIpc) is 2.50. The lowest BCUT2D eigenvalue weighted by Crippen LogP contribution is -2.09. The minimum Gasteiger partial charge on any atom is -0.496 e. The maximum absolute atomic E-state index is 12.1. The van der Waals surface area contributed by atoms with E-state index in [0.717, 1.165) is 0 Å². The van der Waals surface area contributed by atoms with Crippen LogP contribution in [0.3, 0.4) is 0 Å². The number of hydrogen-bond acceptors (Lipinski definition) is 5. The summed E-state index contributed by atoms with van der Waals surface area (Å²) in [4.78, 5) is 34.9. The fourth-order valence-electron chi connectivity index (χ4n) is 1.88. The number of hydrogen-bond donors (Lipinski definition) is 0. The number of methoxy groups -OCH3 is 1. The number of esters is 1. The summed E-state index contributed by atoms with van der Waals surface area (Å²) < 4.78 is 9.85. The molecule has 1 rings (SSSR count). The molecule has 0 spiro atoms. The molecule has 0 saturated carbocycles. The Morgan fingerprint density at radius 1 is 1.09 bits per heavy atom. The topological polar surface area (TPSA) is 69.7 Å². The summed E-state index contributed by atoms with van der Waals surface area (Å²) in [6.45, 7) is 2.00. The molecule has 0 saturated heterocycles. The van der Waals surface area contributed by atoms with Crippen molar-refractivity contribution in [2.24, 2.45) is 0 Å². The van der Waals surface area contributed by atoms with Crippen LogP contribution < -0.4 is 4.74 Å². The summed E-state index contributed by atoms with van der Waals surface area (Å²) >= 11 is 5.84. The highest BCUT2D eigenvalue weighted by Crippen LogP contribution is 2.24. The van der Waals surface area contributed by atoms with Crippen LogP contribution in [0.2, 0.25) is 5.02 Å². The number of halogens is 1. The van der Waals surface area contributed by atoms with Crippen LogP contribution in [0.1, 0.15) is 43.0 Å². The van der Waals surface area contributed by atoms with Crippen molar-refractivity contribution in [2.45, 2.75) is 32.6 Å². The Morgan fingerprint density at radius 2 is 1.77 bits per heavy atom. The molecule has 0 fully saturated rings. The zero-order valence-corrected chi connectivity index (χ0v) is 13.4. The number of carbonyl (C=O) groups excluding carboxylic acids is 3. The summed E-state index contributed by atoms with van der Waals surface area (Å²) in [6, 6.07) is 4.73. The lowest BCUT2D eigenvalue weighted by molar-refractivity contribution is -0.144. The Kier molecular flexibility index (Phi) is 7.60. The second-order valence-corrected chi connectivity index (χ2v) is 5.05. The molecule has 0 N–H and O–H groups in total. The molecule has 0 amide bonds. The van der Waals surface area contributed by atoms with Gasteiger partial charge in [-0.2, -0.15) is 0 Å². The fourth-order valence-corrected chi connectivity index (χ4v) is 2.04. The van der Waals surface area contributed by atoms with Crippen molar-refractivity contribution >= 4 is 29.1 Å². The number of benzene rings is 1. The highest BCUT2D eigenvalue weighted by atomic mass is 35.5. The summed E-state index contributed by atoms with van der Waals surface area (Å²) in [7, 11) is 1.45. The molecule has 0 aliphatic carbocycles. The van der Waals surface area contributed by atoms with Crippen molar-refractivity contribution in [3.8, 4) is 5.75 Å². The third-order valence-electron chi connectivity index (χ3n) is 3.01. The van der Waals surface area contributed by atoms with E-state index in [1.807, 2.05) is 0 Å². The molecule has 0 bridgehead atoms. The van der Waals surface area contributed by atoms with Crippen LogP contribution >= 0.6 is 11.6 Å². The Balaban J connectivity index is 2.49. The zero-order valence-electron chi connectivity index (χ0n) is 12.7. The normalized spacial score (nSPS) is 10.1. The number of ether oxygens (including phenoxy) is 2. The molecule has 22 heavy (non-hydrogen) atoms. The molecule has 0 heterocycles. The maximum atomic E-state index is 12.1. The molecule has 0 unspecified atom stereocenters. The standard InChI is InChI=1S/C16H19ClO5/c1-3-22-16(20)9-6-12(18)5-8-14(19)13-7-4-11(17)10-15(13)21-2/h4,7,10H,3,5-6,8-9H2,1-2H3. The van der Waals surface area contributed by atoms with Crippen LogP contribution in [0, 0.1) is 0 Å². The van der Waals surface area contributed by atoms with E-state index in [4.69, 9.17) is 21.1 Å². The Morgan fingerprint density at radius 3 is 2.41 bits per heavy atom. The first-order valence-electron chi connectivity index (χ1n) is 7.02. The van der Waals surface area contributed by atoms with Crippen LogP contribution in [0.5, 0.6) is 5.75 Å². The van der Waals surface area contributed by atoms with Crippen molar-refractivity contribution in [1.82, 2.24) is 0 Å². The predicted octanol–water partition coefficient (Wildman–Crippen LogP) is 3.22. The van der Waals surface area contributed by atoms with Gasteiger partial charge in [-0.25, -0.2) is 0 Å². The Labute approximate surface area is 134 Å². The zero-order chi connectivity index (χ0) is 16.5. The van der Waals surface area contributed by atoms with Gasteiger partial charge in [0.15, 0.2) is 5.78 Å². The highest BCUT2D eigenvalue weighted by Gasteiger charge is 2.15. The molecule has 120 valence electrons. The van der Waals surface area contributed by atoms with Gasteiger partial charge in [-0.3, -0.25) is 14.4 Å². The van der Waals surface area contributed by atoms with E-state index >= 15 is 0 Å². The SMILES string of the molecule is CCOC(=O)CCC(=O)CCC(=O)c1ccc(Cl)cc1OC. The molecule has 1 aromatic carbocycles. The Bertz CT molecular complexity index is 553. The van der Waals surface area contributed by atoms with E-state index < -0.39 is 5.97 Å². The summed E-state index contributed by atoms with van der Waals surface area (Å²) in [6.07, 6.45) is 0.290. The van der Waals surface area contributed by atoms with E-state index in [2.05, 4.69) is 0 Å². The van der Waals surface area contributed by atoms with Gasteiger partial charge in [-0.05, 0) is 25.1 Å². The average molecular weight is 327 g/mol. The number of Topliss-reactive ketones (excluding diaryl/α,β-unsaturated/α-hetero) is 2. The fraction of sp³-hybridized carbons (Fsp3) is 0.438. The quantitative estimate of drug-likeness (QED) is 0.514. The first-order chi connectivity index (χ1) is 10.5. The van der Waals surface area contributed by atoms with Gasteiger partial charge < -0.3 is 9.47 Å². The van der Waals surface area contributed by atoms with Crippen LogP contribution in [0.4, 0.5) is 0 Å². The molecule has 6 heteroatoms. The molecule has 0 aliphatic heterocycles. The molecule has 0 radical (unpaired) electrons. The minimum absolute atomic E-state index is 0.0468. The van der Waals surface area contributed by atoms with Crippen LogP contribution in [0.25, 0.3) is 0 Å². The molecular weight excluding hydrogens is 308 g/mol. The Hall–Kier alpha value is -1.88. The van der Waals surface area contributed by atoms with E-state index in [9.17, 15) is 14.4 Å². The van der Waals surface area contributed by atoms with Gasteiger partial charge in [0.1, 0.15) is 11.5 Å². The van der Waals surface area contributed by atoms with E-state index in [1.54, 1.807) is 25.1 Å². The van der Waals surface area contributed by atoms with Gasteiger partial charge in [0.2, 0.25) is 0 Å². The minimum atomic E-state index is -0.401. The van der Waals surface area contributed by atoms with Crippen LogP contribution in [-0.4, -0.2) is 31.3 Å². The lowest BCUT2D eigenvalue weighted by Gasteiger charge is -2.08. The van der Waals surface area contributed by atoms with Gasteiger partial charge in [0.25, 0.3) is 0 Å². The number of carbonyl (C=O) groups is 3. The van der Waals surface area contributed by atoms with Crippen LogP contribution in [0.15, 0.2) is 18.2 Å². The largest absolute Gasteiger partial charge is 0.496 e. The summed E-state index contributed by atoms with van der Waals surface area (Å²) in [5.74, 6) is -0.356. The van der Waals surface area contributed by atoms with Gasteiger partial charge in [0.05, 0.1) is 25.7 Å². The van der Waals surface area contributed by atoms with Crippen molar-refractivity contribution in [1.29, 1.82) is 0 Å². The predicted molar refractivity (Wildman–Crippen MR) is 82.4 cm³/mol. The molecule has 0 aromatic heterocycles. The highest BCUT2D eigenvalue weighted by molar-refractivity contribution is 6.30. The second kappa shape index (κ2) is 9.20. The van der Waals surface area contributed by atoms with Gasteiger partial charge in [0, 0.05) is 24.3 Å². The van der Waals surface area contributed by atoms with Crippen molar-refractivity contribution < 1.29 is 23.9 Å². The first-order valence-corrected chi connectivity index (χ1v) is 7.39. The van der Waals surface area contributed by atoms with Gasteiger partial charge in [-0.15, -0.1) is 0 Å². The molecule has 0 atom stereocenters. The second-order valence-electron chi connectivity index (χ2n) is 4.61. The van der Waals surface area contributed by atoms with Gasteiger partial charge in [-0.1, -0.05) is 11.6 Å². The molecule has 5 nitrogen and oxygen atoms in total. The van der Waals surface area contributed by atoms with Crippen LogP contribution in [-0.2, 0) is 14.3 Å². The van der Waals surface area contributed by atoms with E-state index in [1.165, 1.54) is 7.11 Å². The smallest absolute Gasteiger partial charge is 0.306 e. The monoisotopic (exact) mass is 326 g/mol. The number of rotatable bonds is 9. The van der Waals surface area contributed by atoms with Crippen molar-refractivity contribution in [3.05, 3.63) is 28.8 Å². The molecule has 0 aliphatic rings. The lowest BCUT2D eigenvalue weighted by atomic mass is 10.0. The first kappa shape index (κ1) is 18.2. The number of ketones is 2. The summed E-state index contributed by atoms with van der Waals surface area (Å²) in [5, 5.41) is 0.471. The summed E-state index contributed by atoms with van der Waals surface area (Å²) in [5.41, 5.74) is 0.394. The van der Waals surface area contributed by atoms with Gasteiger partial charge >= 0.3 is 5.97 Å². The molecule has 1 aromatic rings. The van der Waals surface area contributed by atoms with Crippen molar-refractivity contribution in [3.63, 3.8) is 0 Å². The van der Waals surface area contributed by atoms with Crippen molar-refractivity contribution in [2.75, 3.05) is 13.7 Å². The maximum Gasteiger partial charge on any atom is 0.306 e. The van der Waals surface area contributed by atoms with E-state index in [-0.39, 0.29) is 37.2 Å². The third-order valence-corrected chi connectivity index (χ3v) is 3.24.